The topological polar surface area (TPSA) is 104 Å². The highest BCUT2D eigenvalue weighted by molar-refractivity contribution is 7.91. The van der Waals surface area contributed by atoms with Crippen molar-refractivity contribution in [3.05, 3.63) is 40.8 Å². The van der Waals surface area contributed by atoms with Crippen molar-refractivity contribution in [3.8, 4) is 6.07 Å². The molecule has 8 heteroatoms. The molecule has 3 fully saturated rings. The number of hydrogen-bond acceptors (Lipinski definition) is 6. The van der Waals surface area contributed by atoms with Crippen LogP contribution in [0.3, 0.4) is 0 Å². The van der Waals surface area contributed by atoms with Crippen molar-refractivity contribution in [2.24, 2.45) is 44.8 Å². The van der Waals surface area contributed by atoms with Gasteiger partial charge in [0.15, 0.2) is 11.6 Å². The number of nitriles is 1. The quantitative estimate of drug-likeness (QED) is 0.398. The highest BCUT2D eigenvalue weighted by Gasteiger charge is 2.70. The molecule has 1 N–H and O–H groups in total. The molecule has 3 saturated carbocycles. The summed E-state index contributed by atoms with van der Waals surface area (Å²) in [6, 6.07) is 5.58. The summed E-state index contributed by atoms with van der Waals surface area (Å²) in [6.45, 7) is 15.1. The van der Waals surface area contributed by atoms with Gasteiger partial charge in [0.05, 0.1) is 5.57 Å². The average molecular weight is 609 g/mol. The van der Waals surface area contributed by atoms with Crippen molar-refractivity contribution >= 4 is 32.9 Å². The summed E-state index contributed by atoms with van der Waals surface area (Å²) in [7, 11) is -3.73. The average Bonchev–Trinajstić information content (AvgIpc) is 3.45. The van der Waals surface area contributed by atoms with E-state index in [-0.39, 0.29) is 51.1 Å². The molecule has 0 aliphatic heterocycles. The Balaban J connectivity index is 1.50. The molecule has 0 amide bonds. The van der Waals surface area contributed by atoms with Crippen LogP contribution in [0.4, 0.5) is 0 Å². The van der Waals surface area contributed by atoms with Gasteiger partial charge in [-0.05, 0) is 90.5 Å². The second kappa shape index (κ2) is 8.99. The van der Waals surface area contributed by atoms with Gasteiger partial charge in [0, 0.05) is 22.3 Å². The highest BCUT2D eigenvalue weighted by Crippen LogP contribution is 2.73. The molecule has 1 aromatic heterocycles. The van der Waals surface area contributed by atoms with Gasteiger partial charge in [0.1, 0.15) is 10.3 Å². The molecule has 0 radical (unpaired) electrons. The first-order valence-corrected chi connectivity index (χ1v) is 17.8. The largest absolute Gasteiger partial charge is 0.295 e. The zero-order chi connectivity index (χ0) is 30.7. The lowest BCUT2D eigenvalue weighted by Gasteiger charge is -2.69. The summed E-state index contributed by atoms with van der Waals surface area (Å²) in [5, 5.41) is 11.7. The van der Waals surface area contributed by atoms with Gasteiger partial charge in [0.25, 0.3) is 10.0 Å². The van der Waals surface area contributed by atoms with Crippen LogP contribution in [-0.2, 0) is 19.6 Å². The van der Waals surface area contributed by atoms with Crippen LogP contribution < -0.4 is 4.72 Å². The fourth-order valence-electron chi connectivity index (χ4n) is 10.5. The van der Waals surface area contributed by atoms with Crippen LogP contribution in [0.25, 0.3) is 0 Å². The number of carbonyl (C=O) groups excluding carboxylic acids is 2. The lowest BCUT2D eigenvalue weighted by molar-refractivity contribution is -0.159. The smallest absolute Gasteiger partial charge is 0.250 e. The van der Waals surface area contributed by atoms with Gasteiger partial charge < -0.3 is 0 Å². The van der Waals surface area contributed by atoms with E-state index in [1.165, 1.54) is 11.3 Å². The van der Waals surface area contributed by atoms with E-state index in [0.717, 1.165) is 37.7 Å². The van der Waals surface area contributed by atoms with Crippen LogP contribution in [0.2, 0.25) is 0 Å². The van der Waals surface area contributed by atoms with E-state index in [1.54, 1.807) is 17.5 Å². The Kier molecular flexibility index (Phi) is 6.41. The number of ketones is 2. The Morgan fingerprint density at radius 2 is 1.69 bits per heavy atom. The monoisotopic (exact) mass is 608 g/mol. The van der Waals surface area contributed by atoms with Gasteiger partial charge in [-0.15, -0.1) is 11.3 Å². The minimum Gasteiger partial charge on any atom is -0.295 e. The predicted octanol–water partition coefficient (Wildman–Crippen LogP) is 7.00. The van der Waals surface area contributed by atoms with Crippen LogP contribution in [0, 0.1) is 56.2 Å². The van der Waals surface area contributed by atoms with E-state index in [1.807, 2.05) is 26.0 Å². The molecule has 226 valence electrons. The summed E-state index contributed by atoms with van der Waals surface area (Å²) in [5.74, 6) is -0.473. The number of Topliss-reactive ketones (excluding diaryl/α,β-unsaturated/α-hetero) is 1. The van der Waals surface area contributed by atoms with Crippen molar-refractivity contribution in [2.75, 3.05) is 0 Å². The molecule has 0 bridgehead atoms. The van der Waals surface area contributed by atoms with Gasteiger partial charge in [-0.3, -0.25) is 9.59 Å². The number of nitrogens with one attached hydrogen (secondary N) is 1. The number of fused-ring (bicyclic) bond motifs is 7. The minimum absolute atomic E-state index is 0.00391. The summed E-state index contributed by atoms with van der Waals surface area (Å²) in [5.41, 5.74) is -1.42. The Morgan fingerprint density at radius 3 is 2.33 bits per heavy atom. The van der Waals surface area contributed by atoms with Crippen LogP contribution in [0.5, 0.6) is 0 Å². The molecule has 1 heterocycles. The standard InChI is InChI=1S/C34H44N2O4S2/c1-29(2)12-14-34(36-42(39,40)26-9-8-16-41-26)15-13-33(7)27(22(34)19-29)23(37)17-25-31(5)18-21(20-35)28(38)30(3,4)24(31)10-11-32(25,33)6/h8-9,16-18,22,24,27,36H,10-15,19H2,1-7H3/t22-,24-,27-,31-,32+,33+,34-/m0/s1. The Hall–Kier alpha value is -2.08. The van der Waals surface area contributed by atoms with Crippen molar-refractivity contribution in [2.45, 2.75) is 103 Å². The van der Waals surface area contributed by atoms with Crippen molar-refractivity contribution in [3.63, 3.8) is 0 Å². The summed E-state index contributed by atoms with van der Waals surface area (Å²) in [4.78, 5) is 27.9. The van der Waals surface area contributed by atoms with E-state index < -0.39 is 26.4 Å². The predicted molar refractivity (Wildman–Crippen MR) is 164 cm³/mol. The van der Waals surface area contributed by atoms with Crippen LogP contribution in [0.15, 0.2) is 45.0 Å². The maximum atomic E-state index is 14.6. The molecular formula is C34H44N2O4S2. The third-order valence-corrected chi connectivity index (χ3v) is 15.9. The number of hydrogen-bond donors (Lipinski definition) is 1. The van der Waals surface area contributed by atoms with Crippen molar-refractivity contribution in [1.82, 2.24) is 4.72 Å². The number of sulfonamides is 1. The molecule has 6 nitrogen and oxygen atoms in total. The van der Waals surface area contributed by atoms with E-state index in [0.29, 0.717) is 17.1 Å². The second-order valence-corrected chi connectivity index (χ2v) is 18.8. The second-order valence-electron chi connectivity index (χ2n) is 16.0. The molecule has 0 spiro atoms. The summed E-state index contributed by atoms with van der Waals surface area (Å²) in [6.07, 6.45) is 9.26. The van der Waals surface area contributed by atoms with Gasteiger partial charge in [-0.25, -0.2) is 13.1 Å². The molecule has 1 aromatic rings. The van der Waals surface area contributed by atoms with Gasteiger partial charge in [-0.1, -0.05) is 66.2 Å². The Bertz CT molecular complexity index is 1580. The fourth-order valence-corrected chi connectivity index (χ4v) is 13.0. The van der Waals surface area contributed by atoms with Gasteiger partial charge >= 0.3 is 0 Å². The molecule has 6 rings (SSSR count). The minimum atomic E-state index is -3.73. The normalized spacial score (nSPS) is 42.2. The third-order valence-electron chi connectivity index (χ3n) is 13.0. The van der Waals surface area contributed by atoms with Crippen LogP contribution >= 0.6 is 11.3 Å². The first kappa shape index (κ1) is 30.0. The molecule has 42 heavy (non-hydrogen) atoms. The van der Waals surface area contributed by atoms with E-state index in [9.17, 15) is 23.3 Å². The van der Waals surface area contributed by atoms with Crippen molar-refractivity contribution in [1.29, 1.82) is 5.26 Å². The van der Waals surface area contributed by atoms with E-state index in [2.05, 4.69) is 45.4 Å². The number of allylic oxidation sites excluding steroid dienone is 4. The Labute approximate surface area is 255 Å². The maximum absolute atomic E-state index is 14.6. The molecule has 7 atom stereocenters. The maximum Gasteiger partial charge on any atom is 0.250 e. The molecule has 0 aromatic carbocycles. The first-order valence-electron chi connectivity index (χ1n) is 15.4. The number of thiophene rings is 1. The molecule has 0 unspecified atom stereocenters. The van der Waals surface area contributed by atoms with Crippen LogP contribution in [0.1, 0.15) is 93.4 Å². The van der Waals surface area contributed by atoms with Gasteiger partial charge in [-0.2, -0.15) is 5.26 Å². The zero-order valence-electron chi connectivity index (χ0n) is 26.0. The number of rotatable bonds is 3. The summed E-state index contributed by atoms with van der Waals surface area (Å²) < 4.78 is 30.9. The van der Waals surface area contributed by atoms with Gasteiger partial charge in [0.2, 0.25) is 0 Å². The molecular weight excluding hydrogens is 565 g/mol. The lowest BCUT2D eigenvalue weighted by Crippen LogP contribution is -2.69. The fraction of sp³-hybridized carbons (Fsp3) is 0.676. The van der Waals surface area contributed by atoms with E-state index in [4.69, 9.17) is 0 Å². The molecule has 5 aliphatic carbocycles. The molecule has 5 aliphatic rings. The summed E-state index contributed by atoms with van der Waals surface area (Å²) >= 11 is 1.22. The number of nitrogens with zero attached hydrogens (tertiary/aromatic N) is 1. The Morgan fingerprint density at radius 1 is 1.00 bits per heavy atom. The third kappa shape index (κ3) is 3.85. The van der Waals surface area contributed by atoms with E-state index >= 15 is 0 Å². The number of carbonyl (C=O) groups is 2. The SMILES string of the molecule is CC1(C)CC[C@]2(NS(=O)(=O)c3cccs3)CC[C@]3(C)[C@H](C(=O)C=C4[C@@]5(C)C=C(C#N)C(=O)C(C)(C)[C@@H]5CC[C@]43C)[C@@H]2C1. The first-order chi connectivity index (χ1) is 19.4. The van der Waals surface area contributed by atoms with Crippen molar-refractivity contribution < 1.29 is 18.0 Å². The lowest BCUT2D eigenvalue weighted by atomic mass is 9.35. The van der Waals surface area contributed by atoms with Crippen LogP contribution in [-0.4, -0.2) is 25.5 Å². The highest BCUT2D eigenvalue weighted by atomic mass is 32.2. The molecule has 0 saturated heterocycles. The zero-order valence-corrected chi connectivity index (χ0v) is 27.6.